The maximum Gasteiger partial charge on any atom is 0.311 e. The molecule has 6 atom stereocenters. The zero-order chi connectivity index (χ0) is 19.8. The molecule has 7 nitrogen and oxygen atoms in total. The fraction of sp³-hybridized carbons (Fsp3) is 0.909. The minimum absolute atomic E-state index is 0.0259. The van der Waals surface area contributed by atoms with Gasteiger partial charge < -0.3 is 15.0 Å². The summed E-state index contributed by atoms with van der Waals surface area (Å²) in [4.78, 5) is 27.5. The molecule has 0 spiro atoms. The quantitative estimate of drug-likeness (QED) is 0.610. The van der Waals surface area contributed by atoms with Gasteiger partial charge in [0.2, 0.25) is 5.91 Å². The first-order valence-corrected chi connectivity index (χ1v) is 11.7. The molecule has 160 valence electrons. The molecular formula is C22H34N4O3. The number of carbonyl (C=O) groups is 2. The van der Waals surface area contributed by atoms with Gasteiger partial charge in [-0.1, -0.05) is 12.8 Å². The molecule has 7 heteroatoms. The number of piperidine rings is 1. The Bertz CT molecular complexity index is 693. The summed E-state index contributed by atoms with van der Waals surface area (Å²) in [5, 5.41) is 3.67. The number of ether oxygens (including phenoxy) is 1. The molecule has 7 fully saturated rings. The summed E-state index contributed by atoms with van der Waals surface area (Å²) in [6.07, 6.45) is 10.0. The van der Waals surface area contributed by atoms with Crippen LogP contribution in [0.2, 0.25) is 0 Å². The number of amides is 1. The van der Waals surface area contributed by atoms with E-state index in [-0.39, 0.29) is 22.8 Å². The highest BCUT2D eigenvalue weighted by Crippen LogP contribution is 2.76. The fourth-order valence-electron chi connectivity index (χ4n) is 7.97. The van der Waals surface area contributed by atoms with Crippen molar-refractivity contribution in [3.8, 4) is 0 Å². The lowest BCUT2D eigenvalue weighted by atomic mass is 9.32. The van der Waals surface area contributed by atoms with Gasteiger partial charge in [0.1, 0.15) is 0 Å². The van der Waals surface area contributed by atoms with Crippen molar-refractivity contribution in [2.24, 2.45) is 22.7 Å². The summed E-state index contributed by atoms with van der Waals surface area (Å²) in [6, 6.07) is 1.38. The fourth-order valence-corrected chi connectivity index (χ4v) is 7.97. The second-order valence-corrected chi connectivity index (χ2v) is 10.9. The molecule has 0 aromatic rings. The lowest BCUT2D eigenvalue weighted by Crippen LogP contribution is -2.73. The minimum Gasteiger partial charge on any atom is -0.469 e. The van der Waals surface area contributed by atoms with Crippen LogP contribution in [-0.2, 0) is 14.3 Å². The Kier molecular flexibility index (Phi) is 4.11. The highest BCUT2D eigenvalue weighted by Gasteiger charge is 2.76. The third kappa shape index (κ3) is 2.59. The van der Waals surface area contributed by atoms with Crippen LogP contribution in [0.5, 0.6) is 0 Å². The van der Waals surface area contributed by atoms with E-state index < -0.39 is 0 Å². The van der Waals surface area contributed by atoms with Crippen LogP contribution < -0.4 is 16.2 Å². The molecule has 7 rings (SSSR count). The summed E-state index contributed by atoms with van der Waals surface area (Å²) in [5.74, 6) is 1.43. The normalized spacial score (nSPS) is 50.2. The average Bonchev–Trinajstić information content (AvgIpc) is 3.29. The number of fused-ring (bicyclic) bond motifs is 2. The van der Waals surface area contributed by atoms with Crippen LogP contribution in [0.3, 0.4) is 0 Å². The van der Waals surface area contributed by atoms with E-state index in [1.165, 1.54) is 32.8 Å². The summed E-state index contributed by atoms with van der Waals surface area (Å²) in [7, 11) is 1.50. The van der Waals surface area contributed by atoms with Crippen molar-refractivity contribution < 1.29 is 14.3 Å². The molecule has 29 heavy (non-hydrogen) atoms. The Morgan fingerprint density at radius 1 is 1.03 bits per heavy atom. The number of hydrogen-bond acceptors (Lipinski definition) is 6. The van der Waals surface area contributed by atoms with E-state index >= 15 is 0 Å². The number of hydrazine groups is 1. The molecule has 3 N–H and O–H groups in total. The van der Waals surface area contributed by atoms with Gasteiger partial charge in [-0.15, -0.1) is 0 Å². The number of likely N-dealkylation sites (tertiary alicyclic amines) is 1. The molecular weight excluding hydrogens is 368 g/mol. The number of nitrogens with zero attached hydrogens (tertiary/aromatic N) is 1. The maximum atomic E-state index is 13.3. The topological polar surface area (TPSA) is 82.7 Å². The number of methoxy groups -OCH3 is 1. The monoisotopic (exact) mass is 402 g/mol. The van der Waals surface area contributed by atoms with Crippen molar-refractivity contribution >= 4 is 11.9 Å². The van der Waals surface area contributed by atoms with E-state index in [0.717, 1.165) is 45.2 Å². The molecule has 3 aliphatic heterocycles. The molecule has 4 aliphatic carbocycles. The van der Waals surface area contributed by atoms with E-state index in [9.17, 15) is 9.59 Å². The predicted molar refractivity (Wildman–Crippen MR) is 107 cm³/mol. The van der Waals surface area contributed by atoms with E-state index in [1.807, 2.05) is 0 Å². The number of hydrogen-bond donors (Lipinski definition) is 3. The Hall–Kier alpha value is -1.18. The lowest BCUT2D eigenvalue weighted by molar-refractivity contribution is -0.239. The predicted octanol–water partition coefficient (Wildman–Crippen LogP) is 0.944. The molecule has 3 saturated heterocycles. The van der Waals surface area contributed by atoms with Crippen molar-refractivity contribution in [2.75, 3.05) is 20.2 Å². The van der Waals surface area contributed by atoms with Gasteiger partial charge in [-0.2, -0.15) is 0 Å². The number of carbonyl (C=O) groups excluding carboxylic acids is 2. The van der Waals surface area contributed by atoms with Gasteiger partial charge in [0.05, 0.1) is 18.6 Å². The van der Waals surface area contributed by atoms with E-state index in [1.54, 1.807) is 0 Å². The summed E-state index contributed by atoms with van der Waals surface area (Å²) >= 11 is 0. The van der Waals surface area contributed by atoms with Crippen LogP contribution in [0.4, 0.5) is 0 Å². The van der Waals surface area contributed by atoms with Gasteiger partial charge in [0.15, 0.2) is 0 Å². The highest BCUT2D eigenvalue weighted by molar-refractivity contribution is 5.83. The lowest BCUT2D eigenvalue weighted by Gasteiger charge is -2.71. The number of nitrogens with one attached hydrogen (secondary N) is 3. The van der Waals surface area contributed by atoms with Crippen molar-refractivity contribution in [1.82, 2.24) is 21.1 Å². The second-order valence-electron chi connectivity index (χ2n) is 10.9. The van der Waals surface area contributed by atoms with Crippen molar-refractivity contribution in [1.29, 1.82) is 0 Å². The van der Waals surface area contributed by atoms with Gasteiger partial charge in [0, 0.05) is 37.1 Å². The van der Waals surface area contributed by atoms with Crippen LogP contribution in [0, 0.1) is 22.7 Å². The molecule has 0 radical (unpaired) electrons. The molecule has 0 aromatic carbocycles. The number of rotatable bonds is 3. The Balaban J connectivity index is 1.11. The average molecular weight is 403 g/mol. The van der Waals surface area contributed by atoms with Crippen LogP contribution >= 0.6 is 0 Å². The SMILES string of the molecule is COC(=O)C12CC(C3NNC4CCN(C(=O)C5CC6CCCCC6N5)CC43)(C1)C2. The first kappa shape index (κ1) is 18.6. The van der Waals surface area contributed by atoms with Crippen LogP contribution in [0.15, 0.2) is 0 Å². The van der Waals surface area contributed by atoms with Gasteiger partial charge in [0.25, 0.3) is 0 Å². The molecule has 3 heterocycles. The zero-order valence-electron chi connectivity index (χ0n) is 17.4. The zero-order valence-corrected chi connectivity index (χ0v) is 17.4. The highest BCUT2D eigenvalue weighted by atomic mass is 16.5. The van der Waals surface area contributed by atoms with Crippen molar-refractivity contribution in [3.63, 3.8) is 0 Å². The van der Waals surface area contributed by atoms with Gasteiger partial charge in [-0.05, 0) is 56.3 Å². The van der Waals surface area contributed by atoms with Gasteiger partial charge >= 0.3 is 5.97 Å². The molecule has 4 saturated carbocycles. The van der Waals surface area contributed by atoms with E-state index in [2.05, 4.69) is 21.1 Å². The Labute approximate surface area is 172 Å². The minimum atomic E-state index is -0.206. The number of esters is 1. The molecule has 2 bridgehead atoms. The molecule has 7 aliphatic rings. The third-order valence-corrected chi connectivity index (χ3v) is 9.33. The molecule has 0 aromatic heterocycles. The van der Waals surface area contributed by atoms with E-state index in [0.29, 0.717) is 35.9 Å². The van der Waals surface area contributed by atoms with Crippen LogP contribution in [-0.4, -0.2) is 61.1 Å². The summed E-state index contributed by atoms with van der Waals surface area (Å²) in [6.45, 7) is 1.70. The van der Waals surface area contributed by atoms with E-state index in [4.69, 9.17) is 4.74 Å². The maximum absolute atomic E-state index is 13.3. The van der Waals surface area contributed by atoms with Crippen LogP contribution in [0.1, 0.15) is 57.8 Å². The van der Waals surface area contributed by atoms with Crippen molar-refractivity contribution in [2.45, 2.75) is 82.0 Å². The standard InChI is InChI=1S/C22H34N4O3/c1-29-20(28)22-10-21(11-22,12-22)18-14-9-26(7-6-16(14)24-25-18)19(27)17-8-13-4-2-3-5-15(13)23-17/h13-18,23-25H,2-12H2,1H3. The van der Waals surface area contributed by atoms with Crippen LogP contribution in [0.25, 0.3) is 0 Å². The van der Waals surface area contributed by atoms with Crippen molar-refractivity contribution in [3.05, 3.63) is 0 Å². The second kappa shape index (κ2) is 6.41. The molecule has 1 amide bonds. The van der Waals surface area contributed by atoms with Gasteiger partial charge in [-0.3, -0.25) is 20.4 Å². The summed E-state index contributed by atoms with van der Waals surface area (Å²) < 4.78 is 5.02. The smallest absolute Gasteiger partial charge is 0.311 e. The Morgan fingerprint density at radius 3 is 2.59 bits per heavy atom. The largest absolute Gasteiger partial charge is 0.469 e. The first-order valence-electron chi connectivity index (χ1n) is 11.7. The molecule has 6 unspecified atom stereocenters. The van der Waals surface area contributed by atoms with Gasteiger partial charge in [-0.25, -0.2) is 0 Å². The summed E-state index contributed by atoms with van der Waals surface area (Å²) in [5.41, 5.74) is 7.09. The Morgan fingerprint density at radius 2 is 1.83 bits per heavy atom. The third-order valence-electron chi connectivity index (χ3n) is 9.33. The first-order chi connectivity index (χ1) is 14.0.